The monoisotopic (exact) mass is 370 g/mol. The normalized spacial score (nSPS) is 15.3. The first kappa shape index (κ1) is 18.9. The molecule has 1 fully saturated rings. The molecule has 0 unspecified atom stereocenters. The van der Waals surface area contributed by atoms with Gasteiger partial charge in [-0.2, -0.15) is 0 Å². The number of para-hydroxylation sites is 1. The number of esters is 1. The minimum absolute atomic E-state index is 0.188. The standard InChI is InChI=1S/C21H23FN2O3/c1-16(27-20(25)15-17-7-5-6-10-19(17)22)21(26)24-13-11-23(12-14-24)18-8-3-2-4-9-18/h2-10,16H,11-15H2,1H3/t16-/m1/s1. The Labute approximate surface area is 158 Å². The van der Waals surface area contributed by atoms with Crippen LogP contribution in [-0.2, 0) is 20.7 Å². The second-order valence-corrected chi connectivity index (χ2v) is 6.55. The van der Waals surface area contributed by atoms with Crippen molar-refractivity contribution in [3.05, 3.63) is 66.0 Å². The largest absolute Gasteiger partial charge is 0.452 e. The van der Waals surface area contributed by atoms with Crippen molar-refractivity contribution in [3.8, 4) is 0 Å². The zero-order chi connectivity index (χ0) is 19.2. The molecule has 0 bridgehead atoms. The van der Waals surface area contributed by atoms with Crippen molar-refractivity contribution >= 4 is 17.6 Å². The third kappa shape index (κ3) is 4.84. The van der Waals surface area contributed by atoms with Crippen LogP contribution in [0.4, 0.5) is 10.1 Å². The SMILES string of the molecule is C[C@@H](OC(=O)Cc1ccccc1F)C(=O)N1CCN(c2ccccc2)CC1. The quantitative estimate of drug-likeness (QED) is 0.760. The van der Waals surface area contributed by atoms with Gasteiger partial charge >= 0.3 is 5.97 Å². The predicted octanol–water partition coefficient (Wildman–Crippen LogP) is 2.65. The van der Waals surface area contributed by atoms with E-state index in [4.69, 9.17) is 4.74 Å². The lowest BCUT2D eigenvalue weighted by Gasteiger charge is -2.37. The highest BCUT2D eigenvalue weighted by molar-refractivity contribution is 5.84. The summed E-state index contributed by atoms with van der Waals surface area (Å²) >= 11 is 0. The maximum Gasteiger partial charge on any atom is 0.311 e. The lowest BCUT2D eigenvalue weighted by molar-refractivity contribution is -0.158. The average Bonchev–Trinajstić information content (AvgIpc) is 2.70. The molecule has 0 saturated carbocycles. The molecule has 1 heterocycles. The van der Waals surface area contributed by atoms with E-state index >= 15 is 0 Å². The molecule has 0 spiro atoms. The maximum atomic E-state index is 13.6. The van der Waals surface area contributed by atoms with Crippen molar-refractivity contribution in [1.82, 2.24) is 4.90 Å². The summed E-state index contributed by atoms with van der Waals surface area (Å²) in [5, 5.41) is 0. The number of carbonyl (C=O) groups excluding carboxylic acids is 2. The number of ether oxygens (including phenoxy) is 1. The first-order valence-electron chi connectivity index (χ1n) is 9.06. The molecule has 3 rings (SSSR count). The molecule has 1 atom stereocenters. The molecule has 2 aromatic rings. The summed E-state index contributed by atoms with van der Waals surface area (Å²) in [6, 6.07) is 16.1. The van der Waals surface area contributed by atoms with Crippen molar-refractivity contribution in [1.29, 1.82) is 0 Å². The summed E-state index contributed by atoms with van der Waals surface area (Å²) in [7, 11) is 0. The summed E-state index contributed by atoms with van der Waals surface area (Å²) in [5.41, 5.74) is 1.40. The minimum Gasteiger partial charge on any atom is -0.452 e. The number of benzene rings is 2. The fraction of sp³-hybridized carbons (Fsp3) is 0.333. The van der Waals surface area contributed by atoms with Crippen LogP contribution in [0.2, 0.25) is 0 Å². The molecule has 2 aromatic carbocycles. The van der Waals surface area contributed by atoms with Crippen LogP contribution in [-0.4, -0.2) is 49.1 Å². The summed E-state index contributed by atoms with van der Waals surface area (Å²) in [6.45, 7) is 4.16. The molecule has 1 aliphatic rings. The molecule has 0 aromatic heterocycles. The van der Waals surface area contributed by atoms with E-state index in [9.17, 15) is 14.0 Å². The van der Waals surface area contributed by atoms with Crippen molar-refractivity contribution in [2.75, 3.05) is 31.1 Å². The number of anilines is 1. The van der Waals surface area contributed by atoms with Crippen LogP contribution in [0.5, 0.6) is 0 Å². The van der Waals surface area contributed by atoms with Gasteiger partial charge in [-0.15, -0.1) is 0 Å². The van der Waals surface area contributed by atoms with Gasteiger partial charge in [0, 0.05) is 31.9 Å². The Morgan fingerprint density at radius 3 is 2.30 bits per heavy atom. The Bertz CT molecular complexity index is 789. The lowest BCUT2D eigenvalue weighted by Crippen LogP contribution is -2.51. The van der Waals surface area contributed by atoms with E-state index in [1.165, 1.54) is 12.1 Å². The molecule has 1 saturated heterocycles. The van der Waals surface area contributed by atoms with Gasteiger partial charge < -0.3 is 14.5 Å². The fourth-order valence-electron chi connectivity index (χ4n) is 3.17. The highest BCUT2D eigenvalue weighted by atomic mass is 19.1. The number of piperazine rings is 1. The summed E-state index contributed by atoms with van der Waals surface area (Å²) < 4.78 is 18.9. The van der Waals surface area contributed by atoms with Gasteiger partial charge in [0.1, 0.15) is 5.82 Å². The number of carbonyl (C=O) groups is 2. The molecule has 142 valence electrons. The molecule has 5 nitrogen and oxygen atoms in total. The van der Waals surface area contributed by atoms with Crippen LogP contribution in [0.25, 0.3) is 0 Å². The highest BCUT2D eigenvalue weighted by Gasteiger charge is 2.27. The molecule has 1 aliphatic heterocycles. The number of rotatable bonds is 5. The van der Waals surface area contributed by atoms with E-state index in [1.807, 2.05) is 30.3 Å². The molecular weight excluding hydrogens is 347 g/mol. The number of nitrogens with zero attached hydrogens (tertiary/aromatic N) is 2. The smallest absolute Gasteiger partial charge is 0.311 e. The predicted molar refractivity (Wildman–Crippen MR) is 101 cm³/mol. The zero-order valence-electron chi connectivity index (χ0n) is 15.3. The molecule has 6 heteroatoms. The number of amides is 1. The molecule has 0 N–H and O–H groups in total. The van der Waals surface area contributed by atoms with E-state index in [2.05, 4.69) is 4.90 Å². The van der Waals surface area contributed by atoms with Crippen molar-refractivity contribution in [3.63, 3.8) is 0 Å². The summed E-state index contributed by atoms with van der Waals surface area (Å²) in [4.78, 5) is 28.5. The van der Waals surface area contributed by atoms with Gasteiger partial charge in [-0.05, 0) is 30.7 Å². The molecule has 0 radical (unpaired) electrons. The summed E-state index contributed by atoms with van der Waals surface area (Å²) in [5.74, 6) is -1.28. The van der Waals surface area contributed by atoms with Gasteiger partial charge in [-0.25, -0.2) is 4.39 Å². The van der Waals surface area contributed by atoms with Crippen LogP contribution in [0, 0.1) is 5.82 Å². The maximum absolute atomic E-state index is 13.6. The average molecular weight is 370 g/mol. The highest BCUT2D eigenvalue weighted by Crippen LogP contribution is 2.16. The Balaban J connectivity index is 1.49. The lowest BCUT2D eigenvalue weighted by atomic mass is 10.1. The molecule has 27 heavy (non-hydrogen) atoms. The topological polar surface area (TPSA) is 49.9 Å². The Kier molecular flexibility index (Phi) is 6.06. The first-order valence-corrected chi connectivity index (χ1v) is 9.06. The van der Waals surface area contributed by atoms with E-state index in [0.717, 1.165) is 18.8 Å². The zero-order valence-corrected chi connectivity index (χ0v) is 15.3. The molecule has 0 aliphatic carbocycles. The third-order valence-electron chi connectivity index (χ3n) is 4.66. The van der Waals surface area contributed by atoms with Gasteiger partial charge in [-0.3, -0.25) is 9.59 Å². The number of hydrogen-bond donors (Lipinski definition) is 0. The van der Waals surface area contributed by atoms with Crippen LogP contribution < -0.4 is 4.90 Å². The van der Waals surface area contributed by atoms with Gasteiger partial charge in [0.05, 0.1) is 6.42 Å². The number of hydrogen-bond acceptors (Lipinski definition) is 4. The Hall–Kier alpha value is -2.89. The summed E-state index contributed by atoms with van der Waals surface area (Å²) in [6.07, 6.45) is -1.07. The van der Waals surface area contributed by atoms with Gasteiger partial charge in [-0.1, -0.05) is 36.4 Å². The van der Waals surface area contributed by atoms with Crippen LogP contribution in [0.15, 0.2) is 54.6 Å². The van der Waals surface area contributed by atoms with Gasteiger partial charge in [0.25, 0.3) is 5.91 Å². The van der Waals surface area contributed by atoms with Crippen molar-refractivity contribution in [2.45, 2.75) is 19.4 Å². The van der Waals surface area contributed by atoms with Crippen LogP contribution >= 0.6 is 0 Å². The Morgan fingerprint density at radius 2 is 1.63 bits per heavy atom. The van der Waals surface area contributed by atoms with Crippen LogP contribution in [0.1, 0.15) is 12.5 Å². The Morgan fingerprint density at radius 1 is 1.00 bits per heavy atom. The fourth-order valence-corrected chi connectivity index (χ4v) is 3.17. The van der Waals surface area contributed by atoms with E-state index in [-0.39, 0.29) is 17.9 Å². The number of halogens is 1. The second kappa shape index (κ2) is 8.66. The molecular formula is C21H23FN2O3. The van der Waals surface area contributed by atoms with Gasteiger partial charge in [0.15, 0.2) is 6.10 Å². The van der Waals surface area contributed by atoms with E-state index in [1.54, 1.807) is 24.0 Å². The second-order valence-electron chi connectivity index (χ2n) is 6.55. The van der Waals surface area contributed by atoms with Crippen LogP contribution in [0.3, 0.4) is 0 Å². The molecule has 1 amide bonds. The first-order chi connectivity index (χ1) is 13.0. The van der Waals surface area contributed by atoms with Crippen molar-refractivity contribution < 1.29 is 18.7 Å². The third-order valence-corrected chi connectivity index (χ3v) is 4.66. The van der Waals surface area contributed by atoms with Crippen molar-refractivity contribution in [2.24, 2.45) is 0 Å². The van der Waals surface area contributed by atoms with Gasteiger partial charge in [0.2, 0.25) is 0 Å². The van der Waals surface area contributed by atoms with E-state index < -0.39 is 17.9 Å². The van der Waals surface area contributed by atoms with E-state index in [0.29, 0.717) is 13.1 Å². The minimum atomic E-state index is -0.882.